The predicted molar refractivity (Wildman–Crippen MR) is 44.7 cm³/mol. The van der Waals surface area contributed by atoms with Gasteiger partial charge in [0, 0.05) is 7.05 Å². The van der Waals surface area contributed by atoms with Crippen LogP contribution in [-0.2, 0) is 4.79 Å². The van der Waals surface area contributed by atoms with Crippen LogP contribution in [0.15, 0.2) is 0 Å². The molecule has 0 radical (unpaired) electrons. The van der Waals surface area contributed by atoms with E-state index in [2.05, 4.69) is 5.32 Å². The molecular formula is C6H12N2OS. The Morgan fingerprint density at radius 2 is 2.10 bits per heavy atom. The van der Waals surface area contributed by atoms with Crippen LogP contribution in [0, 0.1) is 0 Å². The fourth-order valence-electron chi connectivity index (χ4n) is 0.541. The van der Waals surface area contributed by atoms with Crippen molar-refractivity contribution in [1.82, 2.24) is 10.2 Å². The third-order valence-corrected chi connectivity index (χ3v) is 1.39. The Morgan fingerprint density at radius 3 is 2.20 bits per heavy atom. The standard InChI is InChI=1S/C4H6N2OS.C2H6/c1-6-2-3(7)5-4(6)8;1-2/h2H2,1H3,(H,5,7,8);1-2H3. The fraction of sp³-hybridized carbons (Fsp3) is 0.667. The number of rotatable bonds is 0. The van der Waals surface area contributed by atoms with Gasteiger partial charge in [-0.1, -0.05) is 13.8 Å². The van der Waals surface area contributed by atoms with Crippen LogP contribution in [0.25, 0.3) is 0 Å². The van der Waals surface area contributed by atoms with E-state index in [0.29, 0.717) is 11.7 Å². The third-order valence-electron chi connectivity index (χ3n) is 0.974. The van der Waals surface area contributed by atoms with Gasteiger partial charge in [-0.15, -0.1) is 0 Å². The number of carbonyl (C=O) groups excluding carboxylic acids is 1. The maximum atomic E-state index is 10.4. The second kappa shape index (κ2) is 4.22. The molecule has 0 aromatic rings. The summed E-state index contributed by atoms with van der Waals surface area (Å²) in [5, 5.41) is 3.01. The van der Waals surface area contributed by atoms with Crippen molar-refractivity contribution in [3.05, 3.63) is 0 Å². The summed E-state index contributed by atoms with van der Waals surface area (Å²) in [6, 6.07) is 0. The molecule has 1 fully saturated rings. The molecule has 0 atom stereocenters. The number of hydrogen-bond acceptors (Lipinski definition) is 2. The first-order valence-electron chi connectivity index (χ1n) is 3.25. The number of nitrogens with zero attached hydrogens (tertiary/aromatic N) is 1. The number of likely N-dealkylation sites (N-methyl/N-ethyl adjacent to an activating group) is 1. The van der Waals surface area contributed by atoms with Crippen LogP contribution in [0.4, 0.5) is 0 Å². The summed E-state index contributed by atoms with van der Waals surface area (Å²) in [7, 11) is 1.78. The number of amides is 1. The highest BCUT2D eigenvalue weighted by atomic mass is 32.1. The first-order valence-corrected chi connectivity index (χ1v) is 3.66. The van der Waals surface area contributed by atoms with Gasteiger partial charge in [0.1, 0.15) is 0 Å². The highest BCUT2D eigenvalue weighted by Gasteiger charge is 2.18. The molecule has 1 saturated heterocycles. The van der Waals surface area contributed by atoms with Gasteiger partial charge in [-0.05, 0) is 12.2 Å². The monoisotopic (exact) mass is 160 g/mol. The molecule has 0 unspecified atom stereocenters. The average Bonchev–Trinajstić information content (AvgIpc) is 2.16. The van der Waals surface area contributed by atoms with Gasteiger partial charge in [-0.25, -0.2) is 0 Å². The van der Waals surface area contributed by atoms with Crippen molar-refractivity contribution < 1.29 is 4.79 Å². The second-order valence-corrected chi connectivity index (χ2v) is 2.10. The van der Waals surface area contributed by atoms with Gasteiger partial charge in [0.2, 0.25) is 5.91 Å². The molecular weight excluding hydrogens is 148 g/mol. The summed E-state index contributed by atoms with van der Waals surface area (Å²) < 4.78 is 0. The van der Waals surface area contributed by atoms with Crippen LogP contribution in [0.1, 0.15) is 13.8 Å². The van der Waals surface area contributed by atoms with Crippen LogP contribution in [0.5, 0.6) is 0 Å². The minimum absolute atomic E-state index is 0.0162. The topological polar surface area (TPSA) is 32.3 Å². The Hall–Kier alpha value is -0.640. The predicted octanol–water partition coefficient (Wildman–Crippen LogP) is 0.359. The van der Waals surface area contributed by atoms with Gasteiger partial charge >= 0.3 is 0 Å². The molecule has 0 aromatic carbocycles. The summed E-state index contributed by atoms with van der Waals surface area (Å²) in [4.78, 5) is 12.1. The molecule has 0 bridgehead atoms. The molecule has 3 nitrogen and oxygen atoms in total. The van der Waals surface area contributed by atoms with Crippen molar-refractivity contribution in [2.75, 3.05) is 13.6 Å². The van der Waals surface area contributed by atoms with E-state index in [4.69, 9.17) is 12.2 Å². The lowest BCUT2D eigenvalue weighted by atomic mass is 10.6. The number of thiocarbonyl (C=S) groups is 1. The minimum Gasteiger partial charge on any atom is -0.343 e. The van der Waals surface area contributed by atoms with E-state index in [1.165, 1.54) is 0 Å². The van der Waals surface area contributed by atoms with E-state index in [-0.39, 0.29) is 5.91 Å². The quantitative estimate of drug-likeness (QED) is 0.519. The summed E-state index contributed by atoms with van der Waals surface area (Å²) >= 11 is 4.71. The number of nitrogens with one attached hydrogen (secondary N) is 1. The van der Waals surface area contributed by atoms with E-state index in [1.54, 1.807) is 11.9 Å². The largest absolute Gasteiger partial charge is 0.343 e. The maximum Gasteiger partial charge on any atom is 0.245 e. The molecule has 4 heteroatoms. The summed E-state index contributed by atoms with van der Waals surface area (Å²) in [5.41, 5.74) is 0. The van der Waals surface area contributed by atoms with E-state index in [9.17, 15) is 4.79 Å². The van der Waals surface area contributed by atoms with Gasteiger partial charge in [0.15, 0.2) is 5.11 Å². The maximum absolute atomic E-state index is 10.4. The lowest BCUT2D eigenvalue weighted by molar-refractivity contribution is -0.118. The lowest BCUT2D eigenvalue weighted by Crippen LogP contribution is -2.23. The van der Waals surface area contributed by atoms with Crippen molar-refractivity contribution in [3.8, 4) is 0 Å². The molecule has 0 aromatic heterocycles. The van der Waals surface area contributed by atoms with Gasteiger partial charge in [0.25, 0.3) is 0 Å². The van der Waals surface area contributed by atoms with Crippen molar-refractivity contribution in [1.29, 1.82) is 0 Å². The summed E-state index contributed by atoms with van der Waals surface area (Å²) in [5.74, 6) is -0.0162. The van der Waals surface area contributed by atoms with Gasteiger partial charge in [-0.2, -0.15) is 0 Å². The van der Waals surface area contributed by atoms with Crippen LogP contribution >= 0.6 is 12.2 Å². The highest BCUT2D eigenvalue weighted by Crippen LogP contribution is 1.91. The molecule has 0 spiro atoms. The van der Waals surface area contributed by atoms with Gasteiger partial charge in [-0.3, -0.25) is 4.79 Å². The third kappa shape index (κ3) is 2.31. The van der Waals surface area contributed by atoms with Crippen molar-refractivity contribution in [2.24, 2.45) is 0 Å². The van der Waals surface area contributed by atoms with Gasteiger partial charge < -0.3 is 10.2 Å². The average molecular weight is 160 g/mol. The Bertz CT molecular complexity index is 147. The first kappa shape index (κ1) is 9.36. The summed E-state index contributed by atoms with van der Waals surface area (Å²) in [6.07, 6.45) is 0. The SMILES string of the molecule is CC.CN1CC(=O)NC1=S. The van der Waals surface area contributed by atoms with E-state index >= 15 is 0 Å². The lowest BCUT2D eigenvalue weighted by Gasteiger charge is -2.03. The molecule has 1 aliphatic rings. The van der Waals surface area contributed by atoms with Crippen LogP contribution in [0.2, 0.25) is 0 Å². The van der Waals surface area contributed by atoms with Crippen LogP contribution in [0.3, 0.4) is 0 Å². The molecule has 1 rings (SSSR count). The number of carbonyl (C=O) groups is 1. The molecule has 58 valence electrons. The van der Waals surface area contributed by atoms with Crippen LogP contribution in [-0.4, -0.2) is 29.5 Å². The number of hydrogen-bond donors (Lipinski definition) is 1. The molecule has 0 saturated carbocycles. The Morgan fingerprint density at radius 1 is 1.60 bits per heavy atom. The first-order chi connectivity index (χ1) is 4.70. The molecule has 1 aliphatic heterocycles. The smallest absolute Gasteiger partial charge is 0.245 e. The Balaban J connectivity index is 0.000000371. The van der Waals surface area contributed by atoms with E-state index in [1.807, 2.05) is 13.8 Å². The Kier molecular flexibility index (Phi) is 3.95. The molecule has 1 N–H and O–H groups in total. The van der Waals surface area contributed by atoms with E-state index in [0.717, 1.165) is 0 Å². The van der Waals surface area contributed by atoms with E-state index < -0.39 is 0 Å². The van der Waals surface area contributed by atoms with Crippen molar-refractivity contribution in [2.45, 2.75) is 13.8 Å². The zero-order valence-corrected chi connectivity index (χ0v) is 7.29. The van der Waals surface area contributed by atoms with Crippen molar-refractivity contribution >= 4 is 23.2 Å². The van der Waals surface area contributed by atoms with Crippen molar-refractivity contribution in [3.63, 3.8) is 0 Å². The molecule has 0 aliphatic carbocycles. The molecule has 1 amide bonds. The second-order valence-electron chi connectivity index (χ2n) is 1.71. The van der Waals surface area contributed by atoms with Crippen LogP contribution < -0.4 is 5.32 Å². The zero-order valence-electron chi connectivity index (χ0n) is 6.47. The highest BCUT2D eigenvalue weighted by molar-refractivity contribution is 7.80. The normalized spacial score (nSPS) is 16.1. The Labute approximate surface area is 66.4 Å². The van der Waals surface area contributed by atoms with Gasteiger partial charge in [0.05, 0.1) is 6.54 Å². The zero-order chi connectivity index (χ0) is 8.15. The molecule has 1 heterocycles. The molecule has 10 heavy (non-hydrogen) atoms. The minimum atomic E-state index is -0.0162. The fourth-order valence-corrected chi connectivity index (χ4v) is 0.720. The summed E-state index contributed by atoms with van der Waals surface area (Å²) in [6.45, 7) is 4.40.